The maximum absolute atomic E-state index is 12.7. The molecule has 2 fully saturated rings. The molecule has 0 radical (unpaired) electrons. The number of hydrogen-bond donors (Lipinski definition) is 1. The van der Waals surface area contributed by atoms with Crippen molar-refractivity contribution in [2.24, 2.45) is 5.92 Å². The van der Waals surface area contributed by atoms with Crippen molar-refractivity contribution in [3.8, 4) is 0 Å². The monoisotopic (exact) mass is 315 g/mol. The molecule has 2 atom stereocenters. The number of anilines is 1. The summed E-state index contributed by atoms with van der Waals surface area (Å²) in [7, 11) is 2.17. The molecule has 2 heterocycles. The van der Waals surface area contributed by atoms with Crippen molar-refractivity contribution in [1.29, 1.82) is 0 Å². The Hall–Kier alpha value is -1.55. The van der Waals surface area contributed by atoms with Gasteiger partial charge in [0.1, 0.15) is 0 Å². The van der Waals surface area contributed by atoms with Crippen molar-refractivity contribution in [2.45, 2.75) is 44.7 Å². The molecular formula is C19H29N3O. The molecule has 2 aliphatic heterocycles. The van der Waals surface area contributed by atoms with Crippen LogP contribution in [0, 0.1) is 5.92 Å². The highest BCUT2D eigenvalue weighted by Crippen LogP contribution is 2.25. The van der Waals surface area contributed by atoms with Crippen LogP contribution in [0.1, 0.15) is 32.6 Å². The Bertz CT molecular complexity index is 511. The lowest BCUT2D eigenvalue weighted by molar-refractivity contribution is -0.137. The van der Waals surface area contributed by atoms with Crippen molar-refractivity contribution in [3.05, 3.63) is 30.3 Å². The van der Waals surface area contributed by atoms with E-state index in [0.29, 0.717) is 18.0 Å². The van der Waals surface area contributed by atoms with E-state index >= 15 is 0 Å². The predicted octanol–water partition coefficient (Wildman–Crippen LogP) is 2.50. The van der Waals surface area contributed by atoms with E-state index in [4.69, 9.17) is 0 Å². The fourth-order valence-electron chi connectivity index (χ4n) is 3.96. The van der Waals surface area contributed by atoms with Crippen LogP contribution in [0.3, 0.4) is 0 Å². The molecule has 0 bridgehead atoms. The SMILES string of the molecule is C[C@H]1C[C@@H](C(=O)N2CCC(N(C)c3ccccc3)CC2)CCN1. The summed E-state index contributed by atoms with van der Waals surface area (Å²) in [4.78, 5) is 17.2. The second-order valence-corrected chi connectivity index (χ2v) is 7.08. The number of carbonyl (C=O) groups is 1. The molecule has 126 valence electrons. The largest absolute Gasteiger partial charge is 0.371 e. The topological polar surface area (TPSA) is 35.6 Å². The highest BCUT2D eigenvalue weighted by molar-refractivity contribution is 5.79. The molecule has 0 aliphatic carbocycles. The Morgan fingerprint density at radius 2 is 1.87 bits per heavy atom. The first-order chi connectivity index (χ1) is 11.1. The van der Waals surface area contributed by atoms with Gasteiger partial charge in [0.25, 0.3) is 0 Å². The van der Waals surface area contributed by atoms with Gasteiger partial charge in [-0.15, -0.1) is 0 Å². The number of benzene rings is 1. The minimum absolute atomic E-state index is 0.231. The minimum Gasteiger partial charge on any atom is -0.371 e. The first-order valence-corrected chi connectivity index (χ1v) is 8.95. The molecule has 2 saturated heterocycles. The van der Waals surface area contributed by atoms with Gasteiger partial charge in [0.05, 0.1) is 0 Å². The van der Waals surface area contributed by atoms with Crippen LogP contribution >= 0.6 is 0 Å². The van der Waals surface area contributed by atoms with Gasteiger partial charge in [-0.1, -0.05) is 18.2 Å². The van der Waals surface area contributed by atoms with Gasteiger partial charge >= 0.3 is 0 Å². The molecule has 1 N–H and O–H groups in total. The van der Waals surface area contributed by atoms with Crippen molar-refractivity contribution >= 4 is 11.6 Å². The third-order valence-corrected chi connectivity index (χ3v) is 5.46. The normalized spacial score (nSPS) is 26.1. The van der Waals surface area contributed by atoms with Crippen LogP contribution in [0.25, 0.3) is 0 Å². The molecule has 3 rings (SSSR count). The summed E-state index contributed by atoms with van der Waals surface area (Å²) in [6, 6.07) is 11.6. The molecule has 2 aliphatic rings. The van der Waals surface area contributed by atoms with Gasteiger partial charge in [-0.25, -0.2) is 0 Å². The Morgan fingerprint density at radius 3 is 2.52 bits per heavy atom. The van der Waals surface area contributed by atoms with Crippen LogP contribution in [0.2, 0.25) is 0 Å². The van der Waals surface area contributed by atoms with Crippen LogP contribution < -0.4 is 10.2 Å². The lowest BCUT2D eigenvalue weighted by Gasteiger charge is -2.40. The number of rotatable bonds is 3. The standard InChI is InChI=1S/C19H29N3O/c1-15-14-16(8-11-20-15)19(23)22-12-9-18(10-13-22)21(2)17-6-4-3-5-7-17/h3-7,15-16,18,20H,8-14H2,1-2H3/t15-,16-/m0/s1. The fraction of sp³-hybridized carbons (Fsp3) is 0.632. The number of piperidine rings is 2. The van der Waals surface area contributed by atoms with E-state index < -0.39 is 0 Å². The third-order valence-electron chi connectivity index (χ3n) is 5.46. The van der Waals surface area contributed by atoms with Crippen molar-refractivity contribution in [3.63, 3.8) is 0 Å². The van der Waals surface area contributed by atoms with E-state index in [1.807, 2.05) is 0 Å². The summed E-state index contributed by atoms with van der Waals surface area (Å²) in [5.41, 5.74) is 1.27. The number of carbonyl (C=O) groups excluding carboxylic acids is 1. The zero-order chi connectivity index (χ0) is 16.2. The van der Waals surface area contributed by atoms with E-state index in [-0.39, 0.29) is 5.92 Å². The molecule has 0 saturated carbocycles. The molecule has 1 aromatic rings. The summed E-state index contributed by atoms with van der Waals surface area (Å²) < 4.78 is 0. The molecule has 0 aromatic heterocycles. The summed E-state index contributed by atoms with van der Waals surface area (Å²) >= 11 is 0. The van der Waals surface area contributed by atoms with Crippen LogP contribution in [-0.2, 0) is 4.79 Å². The molecule has 23 heavy (non-hydrogen) atoms. The Balaban J connectivity index is 1.53. The number of para-hydroxylation sites is 1. The number of nitrogens with one attached hydrogen (secondary N) is 1. The van der Waals surface area contributed by atoms with Crippen molar-refractivity contribution in [1.82, 2.24) is 10.2 Å². The Morgan fingerprint density at radius 1 is 1.17 bits per heavy atom. The van der Waals surface area contributed by atoms with E-state index in [0.717, 1.165) is 45.3 Å². The minimum atomic E-state index is 0.231. The second-order valence-electron chi connectivity index (χ2n) is 7.08. The number of likely N-dealkylation sites (tertiary alicyclic amines) is 1. The van der Waals surface area contributed by atoms with Crippen molar-refractivity contribution < 1.29 is 4.79 Å². The zero-order valence-electron chi connectivity index (χ0n) is 14.4. The van der Waals surface area contributed by atoms with Gasteiger partial charge in [-0.05, 0) is 51.3 Å². The zero-order valence-corrected chi connectivity index (χ0v) is 14.4. The molecular weight excluding hydrogens is 286 g/mol. The highest BCUT2D eigenvalue weighted by atomic mass is 16.2. The van der Waals surface area contributed by atoms with Gasteiger partial charge < -0.3 is 15.1 Å². The van der Waals surface area contributed by atoms with Gasteiger partial charge in [0.2, 0.25) is 5.91 Å². The Kier molecular flexibility index (Phi) is 5.21. The highest BCUT2D eigenvalue weighted by Gasteiger charge is 2.31. The predicted molar refractivity (Wildman–Crippen MR) is 94.6 cm³/mol. The van der Waals surface area contributed by atoms with E-state index in [2.05, 4.69) is 59.4 Å². The van der Waals surface area contributed by atoms with Crippen LogP contribution in [-0.4, -0.2) is 49.6 Å². The van der Waals surface area contributed by atoms with Gasteiger partial charge in [0.15, 0.2) is 0 Å². The molecule has 4 heteroatoms. The number of nitrogens with zero attached hydrogens (tertiary/aromatic N) is 2. The van der Waals surface area contributed by atoms with E-state index in [1.165, 1.54) is 5.69 Å². The average Bonchev–Trinajstić information content (AvgIpc) is 2.61. The summed E-state index contributed by atoms with van der Waals surface area (Å²) in [5, 5.41) is 3.43. The second kappa shape index (κ2) is 7.35. The molecule has 4 nitrogen and oxygen atoms in total. The molecule has 1 aromatic carbocycles. The molecule has 0 spiro atoms. The summed E-state index contributed by atoms with van der Waals surface area (Å²) in [5.74, 6) is 0.619. The maximum atomic E-state index is 12.7. The first kappa shape index (κ1) is 16.3. The fourth-order valence-corrected chi connectivity index (χ4v) is 3.96. The Labute approximate surface area is 139 Å². The van der Waals surface area contributed by atoms with Gasteiger partial charge in [-0.3, -0.25) is 4.79 Å². The lowest BCUT2D eigenvalue weighted by atomic mass is 9.91. The maximum Gasteiger partial charge on any atom is 0.225 e. The van der Waals surface area contributed by atoms with Crippen LogP contribution in [0.5, 0.6) is 0 Å². The van der Waals surface area contributed by atoms with Crippen LogP contribution in [0.4, 0.5) is 5.69 Å². The summed E-state index contributed by atoms with van der Waals surface area (Å²) in [6.45, 7) is 4.96. The number of hydrogen-bond acceptors (Lipinski definition) is 3. The lowest BCUT2D eigenvalue weighted by Crippen LogP contribution is -2.49. The summed E-state index contributed by atoms with van der Waals surface area (Å²) in [6.07, 6.45) is 4.12. The number of amides is 1. The average molecular weight is 315 g/mol. The van der Waals surface area contributed by atoms with Gasteiger partial charge in [-0.2, -0.15) is 0 Å². The smallest absolute Gasteiger partial charge is 0.225 e. The van der Waals surface area contributed by atoms with Crippen LogP contribution in [0.15, 0.2) is 30.3 Å². The van der Waals surface area contributed by atoms with Gasteiger partial charge in [0, 0.05) is 43.8 Å². The molecule has 0 unspecified atom stereocenters. The third kappa shape index (κ3) is 3.86. The first-order valence-electron chi connectivity index (χ1n) is 8.95. The van der Waals surface area contributed by atoms with Crippen molar-refractivity contribution in [2.75, 3.05) is 31.6 Å². The quantitative estimate of drug-likeness (QED) is 0.931. The molecule has 1 amide bonds. The van der Waals surface area contributed by atoms with E-state index in [9.17, 15) is 4.79 Å². The van der Waals surface area contributed by atoms with E-state index in [1.54, 1.807) is 0 Å².